The number of hydrogen-bond donors (Lipinski definition) is 1. The maximum absolute atomic E-state index is 16.0. The van der Waals surface area contributed by atoms with E-state index in [1.165, 1.54) is 0 Å². The van der Waals surface area contributed by atoms with Gasteiger partial charge in [0.15, 0.2) is 0 Å². The normalized spacial score (nSPS) is 11.2. The van der Waals surface area contributed by atoms with Gasteiger partial charge in [-0.25, -0.2) is 9.49 Å². The van der Waals surface area contributed by atoms with E-state index in [0.717, 1.165) is 0 Å². The molecule has 0 atom stereocenters. The van der Waals surface area contributed by atoms with Crippen LogP contribution in [-0.2, 0) is 13.5 Å². The van der Waals surface area contributed by atoms with Gasteiger partial charge in [0, 0.05) is 23.4 Å². The number of hydrogen-bond acceptors (Lipinski definition) is 5. The van der Waals surface area contributed by atoms with Crippen molar-refractivity contribution in [3.05, 3.63) is 75.6 Å². The van der Waals surface area contributed by atoms with Crippen LogP contribution in [0.3, 0.4) is 0 Å². The molecule has 0 unspecified atom stereocenters. The zero-order valence-electron chi connectivity index (χ0n) is 20.4. The highest BCUT2D eigenvalue weighted by Gasteiger charge is 2.25. The van der Waals surface area contributed by atoms with E-state index in [-0.39, 0.29) is 16.7 Å². The fraction of sp³-hybridized carbons (Fsp3) is 0.214. The Morgan fingerprint density at radius 3 is 2.61 bits per heavy atom. The zero-order chi connectivity index (χ0) is 25.6. The van der Waals surface area contributed by atoms with Gasteiger partial charge in [0.1, 0.15) is 17.6 Å². The first-order chi connectivity index (χ1) is 17.4. The highest BCUT2D eigenvalue weighted by Crippen LogP contribution is 2.41. The molecule has 0 radical (unpaired) electrons. The minimum Gasteiger partial charge on any atom is -0.493 e. The van der Waals surface area contributed by atoms with Gasteiger partial charge in [-0.05, 0) is 48.9 Å². The second-order valence-corrected chi connectivity index (χ2v) is 8.56. The van der Waals surface area contributed by atoms with Crippen molar-refractivity contribution in [2.45, 2.75) is 27.2 Å². The van der Waals surface area contributed by atoms with Gasteiger partial charge in [0.25, 0.3) is 5.56 Å². The number of nitrogens with one attached hydrogen (secondary N) is 1. The lowest BCUT2D eigenvalue weighted by Gasteiger charge is -2.16. The Balaban J connectivity index is 1.88. The van der Waals surface area contributed by atoms with Crippen LogP contribution in [0.5, 0.6) is 5.75 Å². The van der Waals surface area contributed by atoms with Crippen molar-refractivity contribution in [2.24, 2.45) is 7.05 Å². The molecular formula is C28H24FN5O2. The van der Waals surface area contributed by atoms with Crippen molar-refractivity contribution in [1.82, 2.24) is 20.0 Å². The zero-order valence-corrected chi connectivity index (χ0v) is 20.4. The average molecular weight is 482 g/mol. The summed E-state index contributed by atoms with van der Waals surface area (Å²) in [5.74, 6) is -0.0536. The SMILES string of the molecule is CCOc1cc(-c2cnn(C)c2-c2c(F)c(C)c3ccccc3c2C#N)cc2c(CC)n[nH]c(=O)c12. The van der Waals surface area contributed by atoms with Gasteiger partial charge in [0.05, 0.1) is 40.7 Å². The molecule has 0 aliphatic rings. The first kappa shape index (κ1) is 23.2. The lowest BCUT2D eigenvalue weighted by atomic mass is 9.90. The lowest BCUT2D eigenvalue weighted by molar-refractivity contribution is 0.344. The summed E-state index contributed by atoms with van der Waals surface area (Å²) in [4.78, 5) is 12.7. The number of fused-ring (bicyclic) bond motifs is 2. The number of aryl methyl sites for hydroxylation is 3. The van der Waals surface area contributed by atoms with Gasteiger partial charge < -0.3 is 4.74 Å². The first-order valence-electron chi connectivity index (χ1n) is 11.7. The molecule has 0 amide bonds. The first-order valence-corrected chi connectivity index (χ1v) is 11.7. The van der Waals surface area contributed by atoms with Gasteiger partial charge in [-0.2, -0.15) is 15.5 Å². The molecule has 0 bridgehead atoms. The lowest BCUT2D eigenvalue weighted by Crippen LogP contribution is -2.12. The van der Waals surface area contributed by atoms with Crippen LogP contribution in [0.4, 0.5) is 4.39 Å². The molecule has 7 nitrogen and oxygen atoms in total. The summed E-state index contributed by atoms with van der Waals surface area (Å²) in [6.07, 6.45) is 2.24. The minimum absolute atomic E-state index is 0.196. The van der Waals surface area contributed by atoms with Crippen LogP contribution in [0.2, 0.25) is 0 Å². The Labute approximate surface area is 206 Å². The predicted molar refractivity (Wildman–Crippen MR) is 137 cm³/mol. The van der Waals surface area contributed by atoms with Crippen molar-refractivity contribution in [3.63, 3.8) is 0 Å². The summed E-state index contributed by atoms with van der Waals surface area (Å²) in [5.41, 5.74) is 3.05. The largest absolute Gasteiger partial charge is 0.493 e. The summed E-state index contributed by atoms with van der Waals surface area (Å²) in [5, 5.41) is 23.8. The molecule has 2 aromatic heterocycles. The maximum atomic E-state index is 16.0. The molecular weight excluding hydrogens is 457 g/mol. The molecule has 0 spiro atoms. The van der Waals surface area contributed by atoms with E-state index in [1.54, 1.807) is 30.9 Å². The van der Waals surface area contributed by atoms with Gasteiger partial charge in [0.2, 0.25) is 0 Å². The molecule has 2 heterocycles. The molecule has 1 N–H and O–H groups in total. The maximum Gasteiger partial charge on any atom is 0.275 e. The van der Waals surface area contributed by atoms with Crippen molar-refractivity contribution in [1.29, 1.82) is 5.26 Å². The Bertz CT molecular complexity index is 1760. The molecule has 0 aliphatic carbocycles. The van der Waals surface area contributed by atoms with Crippen molar-refractivity contribution in [3.8, 4) is 34.2 Å². The van der Waals surface area contributed by atoms with E-state index >= 15 is 4.39 Å². The fourth-order valence-corrected chi connectivity index (χ4v) is 4.87. The predicted octanol–water partition coefficient (Wildman–Crippen LogP) is 5.42. The van der Waals surface area contributed by atoms with Crippen LogP contribution in [-0.4, -0.2) is 26.6 Å². The van der Waals surface area contributed by atoms with Crippen LogP contribution in [0.1, 0.15) is 30.7 Å². The number of aromatic amines is 1. The molecule has 0 saturated carbocycles. The highest BCUT2D eigenvalue weighted by atomic mass is 19.1. The molecule has 8 heteroatoms. The van der Waals surface area contributed by atoms with Crippen LogP contribution < -0.4 is 10.3 Å². The topological polar surface area (TPSA) is 96.6 Å². The standard InChI is InChI=1S/C28H24FN5O2/c1-5-22-19-11-16(12-23(36-6-2)24(19)28(35)33-32-22)21-14-31-34(4)27(21)25-20(13-30)18-10-8-7-9-17(18)15(3)26(25)29/h7-12,14H,5-6H2,1-4H3,(H,33,35). The summed E-state index contributed by atoms with van der Waals surface area (Å²) in [7, 11) is 1.72. The van der Waals surface area contributed by atoms with E-state index in [2.05, 4.69) is 21.4 Å². The van der Waals surface area contributed by atoms with Gasteiger partial charge >= 0.3 is 0 Å². The third-order valence-electron chi connectivity index (χ3n) is 6.56. The molecule has 5 aromatic rings. The molecule has 0 aliphatic heterocycles. The van der Waals surface area contributed by atoms with Crippen molar-refractivity contribution < 1.29 is 9.13 Å². The third-order valence-corrected chi connectivity index (χ3v) is 6.56. The minimum atomic E-state index is -0.465. The van der Waals surface area contributed by atoms with Crippen LogP contribution in [0, 0.1) is 24.1 Å². The van der Waals surface area contributed by atoms with Gasteiger partial charge in [-0.1, -0.05) is 31.2 Å². The summed E-state index contributed by atoms with van der Waals surface area (Å²) in [6.45, 7) is 5.87. The molecule has 0 fully saturated rings. The number of rotatable bonds is 5. The molecule has 180 valence electrons. The van der Waals surface area contributed by atoms with Gasteiger partial charge in [-0.15, -0.1) is 0 Å². The van der Waals surface area contributed by atoms with Gasteiger partial charge in [-0.3, -0.25) is 9.48 Å². The van der Waals surface area contributed by atoms with Crippen molar-refractivity contribution in [2.75, 3.05) is 6.61 Å². The van der Waals surface area contributed by atoms with Crippen LogP contribution >= 0.6 is 0 Å². The number of nitrogens with zero attached hydrogens (tertiary/aromatic N) is 4. The van der Waals surface area contributed by atoms with E-state index in [0.29, 0.717) is 68.4 Å². The Kier molecular flexibility index (Phi) is 5.77. The number of benzene rings is 3. The number of aromatic nitrogens is 4. The quantitative estimate of drug-likeness (QED) is 0.361. The summed E-state index contributed by atoms with van der Waals surface area (Å²) in [6, 6.07) is 13.2. The monoisotopic (exact) mass is 481 g/mol. The molecule has 3 aromatic carbocycles. The molecule has 5 rings (SSSR count). The number of ether oxygens (including phenoxy) is 1. The Hall–Kier alpha value is -4.51. The number of H-pyrrole nitrogens is 1. The average Bonchev–Trinajstić information content (AvgIpc) is 3.27. The van der Waals surface area contributed by atoms with E-state index in [1.807, 2.05) is 44.2 Å². The van der Waals surface area contributed by atoms with Crippen molar-refractivity contribution >= 4 is 21.5 Å². The second kappa shape index (κ2) is 8.93. The Morgan fingerprint density at radius 2 is 1.92 bits per heavy atom. The summed E-state index contributed by atoms with van der Waals surface area (Å²) >= 11 is 0. The second-order valence-electron chi connectivity index (χ2n) is 8.56. The smallest absolute Gasteiger partial charge is 0.275 e. The number of nitriles is 1. The molecule has 36 heavy (non-hydrogen) atoms. The molecule has 0 saturated heterocycles. The number of halogens is 1. The van der Waals surface area contributed by atoms with E-state index < -0.39 is 5.82 Å². The highest BCUT2D eigenvalue weighted by molar-refractivity contribution is 6.00. The van der Waals surface area contributed by atoms with Crippen LogP contribution in [0.25, 0.3) is 43.9 Å². The van der Waals surface area contributed by atoms with E-state index in [9.17, 15) is 10.1 Å². The fourth-order valence-electron chi connectivity index (χ4n) is 4.87. The van der Waals surface area contributed by atoms with Crippen LogP contribution in [0.15, 0.2) is 47.4 Å². The summed E-state index contributed by atoms with van der Waals surface area (Å²) < 4.78 is 23.4. The third kappa shape index (κ3) is 3.43. The van der Waals surface area contributed by atoms with E-state index in [4.69, 9.17) is 4.74 Å². The Morgan fingerprint density at radius 1 is 1.17 bits per heavy atom.